The molecule has 1 amide bonds. The van der Waals surface area contributed by atoms with Gasteiger partial charge in [0.25, 0.3) is 5.91 Å². The number of carbonyl (C=O) groups excluding carboxylic acids is 1. The largest absolute Gasteiger partial charge is 0.488 e. The maximum Gasteiger partial charge on any atom is 0.251 e. The molecule has 1 aliphatic rings. The van der Waals surface area contributed by atoms with Gasteiger partial charge in [-0.15, -0.1) is 11.3 Å². The monoisotopic (exact) mass is 484 g/mol. The summed E-state index contributed by atoms with van der Waals surface area (Å²) in [6.45, 7) is 3.74. The van der Waals surface area contributed by atoms with Crippen LogP contribution in [0.4, 0.5) is 5.69 Å². The first-order valence-corrected chi connectivity index (χ1v) is 13.6. The second-order valence-corrected chi connectivity index (χ2v) is 11.3. The number of sulfone groups is 1. The molecule has 0 saturated carbocycles. The number of hydrogen-bond donors (Lipinski definition) is 1. The predicted octanol–water partition coefficient (Wildman–Crippen LogP) is 4.52. The molecular formula is C25H28N2O4S2. The molecule has 33 heavy (non-hydrogen) atoms. The lowest BCUT2D eigenvalue weighted by atomic mass is 10.0. The van der Waals surface area contributed by atoms with E-state index in [0.717, 1.165) is 36.5 Å². The van der Waals surface area contributed by atoms with Crippen LogP contribution in [0.5, 0.6) is 5.75 Å². The Morgan fingerprint density at radius 1 is 1.09 bits per heavy atom. The van der Waals surface area contributed by atoms with Gasteiger partial charge >= 0.3 is 0 Å². The molecule has 1 N–H and O–H groups in total. The standard InChI is InChI=1S/C25H28N2O4S2/c1-2-33(29,30)24-10-8-21(9-11-24)27-14-12-20(13-15-27)26-25(28)19-5-3-6-22(17-19)31-18-23-7-4-16-32-23/h3-11,16-17,20H,2,12-15,18H2,1H3,(H,26,28). The zero-order valence-corrected chi connectivity index (χ0v) is 20.2. The molecule has 3 aromatic rings. The Kier molecular flexibility index (Phi) is 7.35. The van der Waals surface area contributed by atoms with Crippen molar-refractivity contribution >= 4 is 32.8 Å². The topological polar surface area (TPSA) is 75.7 Å². The summed E-state index contributed by atoms with van der Waals surface area (Å²) in [5, 5.41) is 5.16. The lowest BCUT2D eigenvalue weighted by Crippen LogP contribution is -2.44. The van der Waals surface area contributed by atoms with Crippen LogP contribution < -0.4 is 15.0 Å². The number of piperidine rings is 1. The molecule has 4 rings (SSSR count). The fourth-order valence-electron chi connectivity index (χ4n) is 3.86. The van der Waals surface area contributed by atoms with E-state index in [1.807, 2.05) is 41.8 Å². The van der Waals surface area contributed by atoms with Gasteiger partial charge in [-0.05, 0) is 66.8 Å². The Balaban J connectivity index is 1.29. The smallest absolute Gasteiger partial charge is 0.251 e. The minimum atomic E-state index is -3.19. The number of nitrogens with one attached hydrogen (secondary N) is 1. The average Bonchev–Trinajstić information content (AvgIpc) is 3.37. The highest BCUT2D eigenvalue weighted by Crippen LogP contribution is 2.23. The third-order valence-electron chi connectivity index (χ3n) is 5.83. The maximum absolute atomic E-state index is 12.8. The lowest BCUT2D eigenvalue weighted by molar-refractivity contribution is 0.0930. The molecule has 0 spiro atoms. The molecule has 2 aromatic carbocycles. The van der Waals surface area contributed by atoms with Gasteiger partial charge < -0.3 is 15.0 Å². The van der Waals surface area contributed by atoms with E-state index in [-0.39, 0.29) is 17.7 Å². The van der Waals surface area contributed by atoms with Gasteiger partial charge in [0.2, 0.25) is 0 Å². The number of benzene rings is 2. The highest BCUT2D eigenvalue weighted by Gasteiger charge is 2.22. The number of carbonyl (C=O) groups is 1. The SMILES string of the molecule is CCS(=O)(=O)c1ccc(N2CCC(NC(=O)c3cccc(OCc4cccs4)c3)CC2)cc1. The number of nitrogens with zero attached hydrogens (tertiary/aromatic N) is 1. The first kappa shape index (κ1) is 23.3. The average molecular weight is 485 g/mol. The van der Waals surface area contributed by atoms with Crippen LogP contribution in [-0.4, -0.2) is 39.2 Å². The van der Waals surface area contributed by atoms with Gasteiger partial charge in [-0.2, -0.15) is 0 Å². The zero-order valence-electron chi connectivity index (χ0n) is 18.6. The van der Waals surface area contributed by atoms with Crippen LogP contribution in [0.15, 0.2) is 70.9 Å². The van der Waals surface area contributed by atoms with Gasteiger partial charge in [-0.25, -0.2) is 8.42 Å². The van der Waals surface area contributed by atoms with Gasteiger partial charge in [-0.3, -0.25) is 4.79 Å². The fourth-order valence-corrected chi connectivity index (χ4v) is 5.36. The van der Waals surface area contributed by atoms with Gasteiger partial charge in [0, 0.05) is 35.3 Å². The van der Waals surface area contributed by atoms with Crippen molar-refractivity contribution in [2.75, 3.05) is 23.7 Å². The normalized spacial score (nSPS) is 14.8. The molecule has 2 heterocycles. The van der Waals surface area contributed by atoms with Crippen molar-refractivity contribution in [3.63, 3.8) is 0 Å². The summed E-state index contributed by atoms with van der Waals surface area (Å²) < 4.78 is 29.8. The van der Waals surface area contributed by atoms with Crippen molar-refractivity contribution in [2.24, 2.45) is 0 Å². The van der Waals surface area contributed by atoms with Gasteiger partial charge in [0.15, 0.2) is 9.84 Å². The van der Waals surface area contributed by atoms with E-state index in [2.05, 4.69) is 10.2 Å². The molecule has 174 valence electrons. The molecular weight excluding hydrogens is 456 g/mol. The summed E-state index contributed by atoms with van der Waals surface area (Å²) in [5.41, 5.74) is 1.60. The van der Waals surface area contributed by atoms with Crippen molar-refractivity contribution in [3.05, 3.63) is 76.5 Å². The number of ether oxygens (including phenoxy) is 1. The van der Waals surface area contributed by atoms with Gasteiger partial charge in [0.1, 0.15) is 12.4 Å². The van der Waals surface area contributed by atoms with E-state index in [9.17, 15) is 13.2 Å². The minimum Gasteiger partial charge on any atom is -0.488 e. The van der Waals surface area contributed by atoms with Crippen LogP contribution in [0.3, 0.4) is 0 Å². The third-order valence-corrected chi connectivity index (χ3v) is 8.43. The lowest BCUT2D eigenvalue weighted by Gasteiger charge is -2.34. The summed E-state index contributed by atoms with van der Waals surface area (Å²) in [4.78, 5) is 16.5. The summed E-state index contributed by atoms with van der Waals surface area (Å²) in [5.74, 6) is 0.685. The Bertz CT molecular complexity index is 1170. The van der Waals surface area contributed by atoms with Crippen LogP contribution in [0.25, 0.3) is 0 Å². The Morgan fingerprint density at radius 3 is 2.52 bits per heavy atom. The number of rotatable bonds is 8. The van der Waals surface area contributed by atoms with Crippen molar-refractivity contribution < 1.29 is 17.9 Å². The molecule has 1 fully saturated rings. The molecule has 0 radical (unpaired) electrons. The quantitative estimate of drug-likeness (QED) is 0.509. The molecule has 0 bridgehead atoms. The molecule has 0 atom stereocenters. The number of amides is 1. The highest BCUT2D eigenvalue weighted by atomic mass is 32.2. The molecule has 0 aliphatic carbocycles. The van der Waals surface area contributed by atoms with E-state index < -0.39 is 9.84 Å². The summed E-state index contributed by atoms with van der Waals surface area (Å²) in [6, 6.07) is 18.5. The number of hydrogen-bond acceptors (Lipinski definition) is 6. The maximum atomic E-state index is 12.8. The highest BCUT2D eigenvalue weighted by molar-refractivity contribution is 7.91. The van der Waals surface area contributed by atoms with E-state index in [0.29, 0.717) is 22.8 Å². The van der Waals surface area contributed by atoms with E-state index in [1.54, 1.807) is 42.5 Å². The summed E-state index contributed by atoms with van der Waals surface area (Å²) in [6.07, 6.45) is 1.66. The first-order valence-electron chi connectivity index (χ1n) is 11.1. The molecule has 8 heteroatoms. The van der Waals surface area contributed by atoms with E-state index in [1.165, 1.54) is 0 Å². The van der Waals surface area contributed by atoms with Crippen LogP contribution in [-0.2, 0) is 16.4 Å². The minimum absolute atomic E-state index is 0.0934. The van der Waals surface area contributed by atoms with Gasteiger partial charge in [-0.1, -0.05) is 19.1 Å². The fraction of sp³-hybridized carbons (Fsp3) is 0.320. The Labute approximate surface area is 199 Å². The molecule has 1 aromatic heterocycles. The van der Waals surface area contributed by atoms with Crippen LogP contribution in [0.2, 0.25) is 0 Å². The van der Waals surface area contributed by atoms with E-state index >= 15 is 0 Å². The van der Waals surface area contributed by atoms with Crippen molar-refractivity contribution in [1.82, 2.24) is 5.32 Å². The predicted molar refractivity (Wildman–Crippen MR) is 132 cm³/mol. The van der Waals surface area contributed by atoms with Gasteiger partial charge in [0.05, 0.1) is 10.6 Å². The van der Waals surface area contributed by atoms with Crippen molar-refractivity contribution in [1.29, 1.82) is 0 Å². The van der Waals surface area contributed by atoms with E-state index in [4.69, 9.17) is 4.74 Å². The molecule has 6 nitrogen and oxygen atoms in total. The number of anilines is 1. The van der Waals surface area contributed by atoms with Crippen LogP contribution in [0.1, 0.15) is 35.0 Å². The summed E-state index contributed by atoms with van der Waals surface area (Å²) in [7, 11) is -3.19. The third kappa shape index (κ3) is 5.94. The molecule has 1 aliphatic heterocycles. The second kappa shape index (κ2) is 10.4. The zero-order chi connectivity index (χ0) is 23.3. The molecule has 1 saturated heterocycles. The first-order chi connectivity index (χ1) is 15.9. The number of thiophene rings is 1. The summed E-state index contributed by atoms with van der Waals surface area (Å²) >= 11 is 1.64. The van der Waals surface area contributed by atoms with Crippen LogP contribution >= 0.6 is 11.3 Å². The second-order valence-electron chi connectivity index (χ2n) is 8.03. The Morgan fingerprint density at radius 2 is 1.85 bits per heavy atom. The van der Waals surface area contributed by atoms with Crippen molar-refractivity contribution in [2.45, 2.75) is 37.3 Å². The van der Waals surface area contributed by atoms with Crippen molar-refractivity contribution in [3.8, 4) is 5.75 Å². The molecule has 0 unspecified atom stereocenters. The Hall–Kier alpha value is -2.84. The van der Waals surface area contributed by atoms with Crippen LogP contribution in [0, 0.1) is 0 Å².